The van der Waals surface area contributed by atoms with Crippen molar-refractivity contribution in [2.45, 2.75) is 0 Å². The molecule has 2 heterocycles. The number of aromatic nitrogens is 2. The zero-order valence-electron chi connectivity index (χ0n) is 29.2. The van der Waals surface area contributed by atoms with Crippen LogP contribution in [0.3, 0.4) is 0 Å². The van der Waals surface area contributed by atoms with Gasteiger partial charge < -0.3 is 9.13 Å². The topological polar surface area (TPSA) is 9.86 Å². The molecule has 12 aromatic rings. The van der Waals surface area contributed by atoms with E-state index in [9.17, 15) is 0 Å². The fraction of sp³-hybridized carbons (Fsp3) is 0. The summed E-state index contributed by atoms with van der Waals surface area (Å²) in [5.41, 5.74) is 12.4. The van der Waals surface area contributed by atoms with Gasteiger partial charge in [-0.15, -0.1) is 0 Å². The van der Waals surface area contributed by atoms with Crippen LogP contribution >= 0.6 is 0 Å². The molecule has 0 unspecified atom stereocenters. The minimum atomic E-state index is 1.17. The van der Waals surface area contributed by atoms with Gasteiger partial charge in [0, 0.05) is 38.3 Å². The van der Waals surface area contributed by atoms with E-state index in [-0.39, 0.29) is 0 Å². The molecule has 0 fully saturated rings. The highest BCUT2D eigenvalue weighted by Crippen LogP contribution is 2.51. The van der Waals surface area contributed by atoms with Gasteiger partial charge in [-0.25, -0.2) is 0 Å². The Bertz CT molecular complexity index is 3550. The van der Waals surface area contributed by atoms with E-state index in [1.807, 2.05) is 0 Å². The number of hydrogen-bond donors (Lipinski definition) is 0. The van der Waals surface area contributed by atoms with Crippen molar-refractivity contribution in [2.24, 2.45) is 0 Å². The largest absolute Gasteiger partial charge is 0.309 e. The van der Waals surface area contributed by atoms with E-state index < -0.39 is 0 Å². The third-order valence-corrected chi connectivity index (χ3v) is 12.1. The summed E-state index contributed by atoms with van der Waals surface area (Å²) < 4.78 is 4.99. The average molecular weight is 683 g/mol. The predicted molar refractivity (Wildman–Crippen MR) is 230 cm³/mol. The Morgan fingerprint density at radius 1 is 0.259 bits per heavy atom. The van der Waals surface area contributed by atoms with Gasteiger partial charge in [0.25, 0.3) is 0 Å². The second-order valence-corrected chi connectivity index (χ2v) is 14.8. The molecule has 0 bridgehead atoms. The summed E-state index contributed by atoms with van der Waals surface area (Å²) >= 11 is 0. The number of fused-ring (bicyclic) bond motifs is 4. The van der Waals surface area contributed by atoms with Crippen LogP contribution in [0.5, 0.6) is 0 Å². The Morgan fingerprint density at radius 2 is 0.759 bits per heavy atom. The van der Waals surface area contributed by atoms with E-state index in [1.165, 1.54) is 120 Å². The number of para-hydroxylation sites is 1. The Morgan fingerprint density at radius 3 is 1.37 bits per heavy atom. The summed E-state index contributed by atoms with van der Waals surface area (Å²) in [5.74, 6) is 0. The van der Waals surface area contributed by atoms with Crippen LogP contribution < -0.4 is 0 Å². The van der Waals surface area contributed by atoms with Gasteiger partial charge in [-0.05, 0) is 115 Å². The third-order valence-electron chi connectivity index (χ3n) is 12.1. The molecule has 1 aliphatic carbocycles. The zero-order chi connectivity index (χ0) is 35.1. The quantitative estimate of drug-likeness (QED) is 0.164. The molecule has 2 nitrogen and oxygen atoms in total. The average Bonchev–Trinajstić information content (AvgIpc) is 3.71. The molecule has 2 heteroatoms. The van der Waals surface area contributed by atoms with E-state index in [4.69, 9.17) is 0 Å². The molecule has 10 aromatic carbocycles. The van der Waals surface area contributed by atoms with E-state index in [1.54, 1.807) is 0 Å². The number of nitrogens with zero attached hydrogens (tertiary/aromatic N) is 2. The van der Waals surface area contributed by atoms with E-state index >= 15 is 0 Å². The standard InChI is InChI=1S/C52H30N2/c1-2-15-35(16-3-1)53-43-22-10-20-40-41-21-11-23-44-50(41)52-46(27-25-31-24-26-45(53)51(47(31)52)49(40)43)54(44)36-29-34-14-4-7-17-37(34)42(30-36)48-38-18-8-5-12-32(38)28-33-13-6-9-19-39(33)48/h1-30H. The normalized spacial score (nSPS) is 12.4. The summed E-state index contributed by atoms with van der Waals surface area (Å²) in [6.07, 6.45) is 0. The second-order valence-electron chi connectivity index (χ2n) is 14.8. The van der Waals surface area contributed by atoms with Gasteiger partial charge in [0.2, 0.25) is 0 Å². The molecule has 2 aromatic heterocycles. The minimum absolute atomic E-state index is 1.17. The van der Waals surface area contributed by atoms with Crippen molar-refractivity contribution in [1.29, 1.82) is 0 Å². The fourth-order valence-electron chi connectivity index (χ4n) is 10.0. The molecule has 0 saturated carbocycles. The maximum atomic E-state index is 2.54. The van der Waals surface area contributed by atoms with Crippen LogP contribution in [0.1, 0.15) is 0 Å². The first-order valence-corrected chi connectivity index (χ1v) is 18.8. The highest BCUT2D eigenvalue weighted by atomic mass is 15.0. The monoisotopic (exact) mass is 682 g/mol. The molecular formula is C52H30N2. The lowest BCUT2D eigenvalue weighted by molar-refractivity contribution is 1.18. The molecule has 0 radical (unpaired) electrons. The van der Waals surface area contributed by atoms with Crippen molar-refractivity contribution in [3.05, 3.63) is 182 Å². The lowest BCUT2D eigenvalue weighted by atomic mass is 9.89. The lowest BCUT2D eigenvalue weighted by Crippen LogP contribution is -1.97. The van der Waals surface area contributed by atoms with Gasteiger partial charge in [0.15, 0.2) is 0 Å². The van der Waals surface area contributed by atoms with E-state index in [0.29, 0.717) is 0 Å². The molecule has 0 N–H and O–H groups in total. The van der Waals surface area contributed by atoms with Gasteiger partial charge in [-0.2, -0.15) is 0 Å². The van der Waals surface area contributed by atoms with Gasteiger partial charge in [0.05, 0.1) is 22.1 Å². The number of benzene rings is 10. The molecule has 0 aliphatic heterocycles. The van der Waals surface area contributed by atoms with Gasteiger partial charge in [-0.1, -0.05) is 127 Å². The van der Waals surface area contributed by atoms with Crippen molar-refractivity contribution in [3.8, 4) is 33.6 Å². The molecule has 0 saturated heterocycles. The first-order chi connectivity index (χ1) is 26.8. The van der Waals surface area contributed by atoms with Gasteiger partial charge in [0.1, 0.15) is 0 Å². The molecule has 13 rings (SSSR count). The zero-order valence-corrected chi connectivity index (χ0v) is 29.2. The lowest BCUT2D eigenvalue weighted by Gasteiger charge is -2.17. The van der Waals surface area contributed by atoms with Crippen LogP contribution in [0.2, 0.25) is 0 Å². The summed E-state index contributed by atoms with van der Waals surface area (Å²) in [4.78, 5) is 0. The van der Waals surface area contributed by atoms with Crippen molar-refractivity contribution in [3.63, 3.8) is 0 Å². The Labute approximate surface area is 310 Å². The van der Waals surface area contributed by atoms with Crippen LogP contribution in [0, 0.1) is 0 Å². The smallest absolute Gasteiger partial charge is 0.0548 e. The molecule has 248 valence electrons. The third kappa shape index (κ3) is 3.55. The van der Waals surface area contributed by atoms with Crippen molar-refractivity contribution >= 4 is 86.7 Å². The maximum absolute atomic E-state index is 2.54. The number of rotatable bonds is 3. The molecule has 54 heavy (non-hydrogen) atoms. The summed E-state index contributed by atoms with van der Waals surface area (Å²) in [6, 6.07) is 67.8. The molecule has 0 spiro atoms. The fourth-order valence-corrected chi connectivity index (χ4v) is 10.0. The molecular weight excluding hydrogens is 653 g/mol. The number of hydrogen-bond acceptors (Lipinski definition) is 0. The van der Waals surface area contributed by atoms with E-state index in [2.05, 4.69) is 191 Å². The summed E-state index contributed by atoms with van der Waals surface area (Å²) in [5, 5.41) is 15.5. The van der Waals surface area contributed by atoms with Crippen molar-refractivity contribution < 1.29 is 0 Å². The first kappa shape index (κ1) is 28.4. The molecule has 1 aliphatic rings. The molecule has 0 atom stereocenters. The summed E-state index contributed by atoms with van der Waals surface area (Å²) in [7, 11) is 0. The van der Waals surface area contributed by atoms with E-state index in [0.717, 1.165) is 0 Å². The minimum Gasteiger partial charge on any atom is -0.309 e. The van der Waals surface area contributed by atoms with Crippen LogP contribution in [0.25, 0.3) is 120 Å². The van der Waals surface area contributed by atoms with Crippen LogP contribution in [-0.2, 0) is 0 Å². The Balaban J connectivity index is 1.21. The predicted octanol–water partition coefficient (Wildman–Crippen LogP) is 14.1. The Kier molecular flexibility index (Phi) is 5.39. The van der Waals surface area contributed by atoms with Gasteiger partial charge in [-0.3, -0.25) is 0 Å². The second kappa shape index (κ2) is 10.2. The maximum Gasteiger partial charge on any atom is 0.0548 e. The van der Waals surface area contributed by atoms with Crippen LogP contribution in [0.15, 0.2) is 182 Å². The van der Waals surface area contributed by atoms with Crippen LogP contribution in [0.4, 0.5) is 0 Å². The van der Waals surface area contributed by atoms with Crippen LogP contribution in [-0.4, -0.2) is 9.13 Å². The first-order valence-electron chi connectivity index (χ1n) is 18.8. The highest BCUT2D eigenvalue weighted by Gasteiger charge is 2.27. The highest BCUT2D eigenvalue weighted by molar-refractivity contribution is 6.38. The SMILES string of the molecule is c1ccc(-n2c3cccc4c3c3c5c(ccc32)ccc2c5c3c-4cccc3n2-c2cc(-c3c4ccccc4cc4ccccc34)c3ccccc3c2)cc1. The van der Waals surface area contributed by atoms with Gasteiger partial charge >= 0.3 is 0 Å². The Hall–Kier alpha value is -7.16. The van der Waals surface area contributed by atoms with Crippen molar-refractivity contribution in [1.82, 2.24) is 9.13 Å². The van der Waals surface area contributed by atoms with Crippen molar-refractivity contribution in [2.75, 3.05) is 0 Å². The molecule has 0 amide bonds. The summed E-state index contributed by atoms with van der Waals surface area (Å²) in [6.45, 7) is 0.